The highest BCUT2D eigenvalue weighted by atomic mass is 14.9. The van der Waals surface area contributed by atoms with E-state index in [2.05, 4.69) is 80.3 Å². The molecule has 1 aromatic carbocycles. The van der Waals surface area contributed by atoms with Crippen LogP contribution >= 0.6 is 0 Å². The van der Waals surface area contributed by atoms with Crippen LogP contribution in [-0.4, -0.2) is 16.5 Å². The first-order valence-electron chi connectivity index (χ1n) is 9.99. The fourth-order valence-corrected chi connectivity index (χ4v) is 4.13. The summed E-state index contributed by atoms with van der Waals surface area (Å²) in [5.41, 5.74) is 10.7. The van der Waals surface area contributed by atoms with E-state index in [-0.39, 0.29) is 0 Å². The molecule has 3 heteroatoms. The maximum Gasteiger partial charge on any atom is 0.137 e. The molecule has 1 aliphatic rings. The molecule has 28 heavy (non-hydrogen) atoms. The summed E-state index contributed by atoms with van der Waals surface area (Å²) >= 11 is 0. The van der Waals surface area contributed by atoms with Gasteiger partial charge >= 0.3 is 0 Å². The third-order valence-electron chi connectivity index (χ3n) is 5.54. The van der Waals surface area contributed by atoms with Gasteiger partial charge in [-0.15, -0.1) is 0 Å². The summed E-state index contributed by atoms with van der Waals surface area (Å²) in [5, 5.41) is 4.51. The van der Waals surface area contributed by atoms with Crippen LogP contribution in [0.15, 0.2) is 61.0 Å². The molecule has 2 aromatic heterocycles. The molecule has 1 aliphatic heterocycles. The van der Waals surface area contributed by atoms with Crippen LogP contribution in [0.25, 0.3) is 33.4 Å². The van der Waals surface area contributed by atoms with Crippen LogP contribution in [0.3, 0.4) is 0 Å². The minimum absolute atomic E-state index is 0.926. The molecule has 0 aliphatic carbocycles. The molecule has 0 radical (unpaired) electrons. The van der Waals surface area contributed by atoms with E-state index in [4.69, 9.17) is 4.98 Å². The van der Waals surface area contributed by atoms with Crippen LogP contribution in [0, 0.1) is 0 Å². The summed E-state index contributed by atoms with van der Waals surface area (Å²) in [4.78, 5) is 8.03. The Morgan fingerprint density at radius 3 is 2.89 bits per heavy atom. The minimum Gasteiger partial charge on any atom is -0.385 e. The molecule has 3 aromatic rings. The highest BCUT2D eigenvalue weighted by molar-refractivity contribution is 5.96. The predicted molar refractivity (Wildman–Crippen MR) is 120 cm³/mol. The molecule has 142 valence electrons. The molecule has 0 fully saturated rings. The average molecular weight is 370 g/mol. The molecule has 0 atom stereocenters. The zero-order chi connectivity index (χ0) is 19.7. The predicted octanol–water partition coefficient (Wildman–Crippen LogP) is 6.11. The molecule has 0 amide bonds. The Morgan fingerprint density at radius 2 is 2.11 bits per heavy atom. The van der Waals surface area contributed by atoms with E-state index in [0.717, 1.165) is 41.7 Å². The van der Waals surface area contributed by atoms with E-state index in [1.165, 1.54) is 33.4 Å². The van der Waals surface area contributed by atoms with Crippen LogP contribution in [0.5, 0.6) is 0 Å². The monoisotopic (exact) mass is 369 g/mol. The van der Waals surface area contributed by atoms with Gasteiger partial charge in [0.2, 0.25) is 0 Å². The number of hydrogen-bond acceptors (Lipinski definition) is 2. The van der Waals surface area contributed by atoms with Crippen LogP contribution in [0.4, 0.5) is 0 Å². The van der Waals surface area contributed by atoms with E-state index in [1.807, 2.05) is 6.20 Å². The number of aromatic amines is 1. The van der Waals surface area contributed by atoms with Gasteiger partial charge in [-0.25, -0.2) is 4.98 Å². The Morgan fingerprint density at radius 1 is 1.25 bits per heavy atom. The number of H-pyrrole nitrogens is 1. The van der Waals surface area contributed by atoms with Crippen molar-refractivity contribution < 1.29 is 0 Å². The second kappa shape index (κ2) is 7.51. The van der Waals surface area contributed by atoms with Gasteiger partial charge in [-0.05, 0) is 55.0 Å². The van der Waals surface area contributed by atoms with Crippen LogP contribution in [0.1, 0.15) is 43.9 Å². The number of rotatable bonds is 4. The summed E-state index contributed by atoms with van der Waals surface area (Å²) in [5.74, 6) is 0. The van der Waals surface area contributed by atoms with Crippen molar-refractivity contribution in [1.29, 1.82) is 0 Å². The van der Waals surface area contributed by atoms with Crippen LogP contribution in [0.2, 0.25) is 0 Å². The molecular formula is C25H27N3. The van der Waals surface area contributed by atoms with E-state index in [9.17, 15) is 0 Å². The van der Waals surface area contributed by atoms with Crippen molar-refractivity contribution in [3.05, 3.63) is 77.7 Å². The zero-order valence-corrected chi connectivity index (χ0v) is 16.9. The zero-order valence-electron chi connectivity index (χ0n) is 16.9. The molecule has 0 unspecified atom stereocenters. The first-order chi connectivity index (χ1) is 13.6. The number of allylic oxidation sites excluding steroid dienone is 4. The number of benzene rings is 1. The first kappa shape index (κ1) is 18.3. The third kappa shape index (κ3) is 3.18. The molecule has 0 bridgehead atoms. The Labute approximate surface area is 166 Å². The molecule has 0 saturated carbocycles. The van der Waals surface area contributed by atoms with Gasteiger partial charge in [0, 0.05) is 46.7 Å². The topological polar surface area (TPSA) is 40.7 Å². The number of nitrogens with one attached hydrogen (secondary N) is 2. The number of hydrogen-bond donors (Lipinski definition) is 2. The molecule has 2 N–H and O–H groups in total. The summed E-state index contributed by atoms with van der Waals surface area (Å²) in [6, 6.07) is 8.93. The van der Waals surface area contributed by atoms with Crippen molar-refractivity contribution in [3.63, 3.8) is 0 Å². The largest absolute Gasteiger partial charge is 0.385 e. The summed E-state index contributed by atoms with van der Waals surface area (Å²) < 4.78 is 0. The number of nitrogens with zero attached hydrogens (tertiary/aromatic N) is 1. The van der Waals surface area contributed by atoms with Gasteiger partial charge < -0.3 is 10.3 Å². The van der Waals surface area contributed by atoms with Gasteiger partial charge in [0.05, 0.1) is 0 Å². The second-order valence-electron chi connectivity index (χ2n) is 7.35. The quantitative estimate of drug-likeness (QED) is 0.545. The molecule has 3 nitrogen and oxygen atoms in total. The summed E-state index contributed by atoms with van der Waals surface area (Å²) in [6.45, 7) is 11.5. The lowest BCUT2D eigenvalue weighted by molar-refractivity contribution is 0.816. The van der Waals surface area contributed by atoms with Crippen molar-refractivity contribution in [1.82, 2.24) is 15.3 Å². The maximum absolute atomic E-state index is 4.69. The first-order valence-corrected chi connectivity index (χ1v) is 9.99. The van der Waals surface area contributed by atoms with Crippen LogP contribution in [-0.2, 0) is 6.42 Å². The van der Waals surface area contributed by atoms with E-state index < -0.39 is 0 Å². The van der Waals surface area contributed by atoms with Crippen LogP contribution < -0.4 is 5.32 Å². The van der Waals surface area contributed by atoms with E-state index >= 15 is 0 Å². The standard InChI is InChI=1S/C25H27N3/c1-5-7-16(3)21(6-2)20-13-23-24(15-28-25(23)27-14-20)18-8-9-22-17(4)26-11-10-19(22)12-18/h6-9,12-15,26H,4-5,10-11H2,1-3H3,(H,27,28)/b16-7-,21-6+. The number of aromatic nitrogens is 2. The van der Waals surface area contributed by atoms with Crippen molar-refractivity contribution in [2.45, 2.75) is 33.6 Å². The van der Waals surface area contributed by atoms with Crippen molar-refractivity contribution in [2.75, 3.05) is 6.54 Å². The highest BCUT2D eigenvalue weighted by Crippen LogP contribution is 2.33. The van der Waals surface area contributed by atoms with Gasteiger partial charge in [0.15, 0.2) is 0 Å². The number of pyridine rings is 1. The van der Waals surface area contributed by atoms with Gasteiger partial charge in [-0.1, -0.05) is 43.9 Å². The maximum atomic E-state index is 4.69. The lowest BCUT2D eigenvalue weighted by Gasteiger charge is -2.20. The Balaban J connectivity index is 1.81. The second-order valence-corrected chi connectivity index (χ2v) is 7.35. The fourth-order valence-electron chi connectivity index (χ4n) is 4.13. The molecule has 3 heterocycles. The van der Waals surface area contributed by atoms with Gasteiger partial charge in [0.1, 0.15) is 5.65 Å². The van der Waals surface area contributed by atoms with Gasteiger partial charge in [-0.3, -0.25) is 0 Å². The molecule has 0 spiro atoms. The normalized spacial score (nSPS) is 14.9. The molecule has 4 rings (SSSR count). The van der Waals surface area contributed by atoms with Crippen molar-refractivity contribution in [2.24, 2.45) is 0 Å². The Bertz CT molecular complexity index is 1110. The lowest BCUT2D eigenvalue weighted by Crippen LogP contribution is -2.21. The molecule has 0 saturated heterocycles. The lowest BCUT2D eigenvalue weighted by atomic mass is 9.93. The molecular weight excluding hydrogens is 342 g/mol. The van der Waals surface area contributed by atoms with E-state index in [0.29, 0.717) is 0 Å². The average Bonchev–Trinajstić information content (AvgIpc) is 3.12. The summed E-state index contributed by atoms with van der Waals surface area (Å²) in [7, 11) is 0. The smallest absolute Gasteiger partial charge is 0.137 e. The number of fused-ring (bicyclic) bond motifs is 2. The minimum atomic E-state index is 0.926. The van der Waals surface area contributed by atoms with Gasteiger partial charge in [0.25, 0.3) is 0 Å². The third-order valence-corrected chi connectivity index (χ3v) is 5.54. The van der Waals surface area contributed by atoms with Gasteiger partial charge in [-0.2, -0.15) is 0 Å². The Hall–Kier alpha value is -3.07. The SMILES string of the molecule is C=C1NCCc2cc(-c3c[nH]c4ncc(C(=C/C)/C(C)=C\CC)cc34)ccc21. The highest BCUT2D eigenvalue weighted by Gasteiger charge is 2.15. The summed E-state index contributed by atoms with van der Waals surface area (Å²) in [6.07, 6.45) is 10.5. The van der Waals surface area contributed by atoms with Crippen molar-refractivity contribution in [3.8, 4) is 11.1 Å². The van der Waals surface area contributed by atoms with Crippen molar-refractivity contribution >= 4 is 22.3 Å². The van der Waals surface area contributed by atoms with E-state index in [1.54, 1.807) is 0 Å². The Kier molecular flexibility index (Phi) is 4.91. The fraction of sp³-hybridized carbons (Fsp3) is 0.240.